The Morgan fingerprint density at radius 2 is 1.24 bits per heavy atom. The summed E-state index contributed by atoms with van der Waals surface area (Å²) in [6, 6.07) is 50.2. The number of hydrogen-bond acceptors (Lipinski definition) is 3. The molecule has 4 nitrogen and oxygen atoms in total. The van der Waals surface area contributed by atoms with Crippen LogP contribution >= 0.6 is 0 Å². The molecule has 45 heavy (non-hydrogen) atoms. The van der Waals surface area contributed by atoms with E-state index in [1.807, 2.05) is 6.20 Å². The molecule has 0 saturated carbocycles. The first-order chi connectivity index (χ1) is 21.7. The molecule has 1 N–H and O–H groups in total. The number of pyridine rings is 2. The van der Waals surface area contributed by atoms with Crippen LogP contribution in [-0.4, -0.2) is 21.0 Å². The van der Waals surface area contributed by atoms with Crippen LogP contribution in [0.25, 0.3) is 44.3 Å². The zero-order valence-electron chi connectivity index (χ0n) is 23.9. The third-order valence-electron chi connectivity index (χ3n) is 8.73. The van der Waals surface area contributed by atoms with Gasteiger partial charge in [0.25, 0.3) is 0 Å². The predicted molar refractivity (Wildman–Crippen MR) is 174 cm³/mol. The van der Waals surface area contributed by atoms with Crippen molar-refractivity contribution in [2.24, 2.45) is 0 Å². The number of hydrogen-bond donors (Lipinski definition) is 1. The Kier molecular flexibility index (Phi) is 7.23. The average molecular weight is 761 g/mol. The van der Waals surface area contributed by atoms with Gasteiger partial charge in [0, 0.05) is 38.9 Å². The molecule has 0 saturated heterocycles. The number of fused-ring (bicyclic) bond motifs is 11. The number of aromatic carboxylic acids is 1. The van der Waals surface area contributed by atoms with Crippen molar-refractivity contribution in [3.63, 3.8) is 0 Å². The normalized spacial score (nSPS) is 12.6. The molecule has 2 heterocycles. The van der Waals surface area contributed by atoms with Crippen molar-refractivity contribution >= 4 is 16.7 Å². The van der Waals surface area contributed by atoms with Gasteiger partial charge in [-0.15, -0.1) is 29.3 Å². The summed E-state index contributed by atoms with van der Waals surface area (Å²) in [7, 11) is 0. The molecule has 0 bridgehead atoms. The molecule has 0 aliphatic heterocycles. The topological polar surface area (TPSA) is 63.1 Å². The Morgan fingerprint density at radius 3 is 1.96 bits per heavy atom. The molecular formula is C40H25N2O2Pt-. The number of carboxylic acid groups (broad SMARTS) is 1. The SMILES string of the molecule is O=C(O)c1ccccn1.[Pt].[c-]1cc(-c2cccc3ccccc23)cc2c1-c1ncccc1C21c2ccccc2-c2ccccc21. The van der Waals surface area contributed by atoms with Gasteiger partial charge in [-0.2, -0.15) is 0 Å². The van der Waals surface area contributed by atoms with E-state index in [0.717, 1.165) is 11.3 Å². The van der Waals surface area contributed by atoms with E-state index in [-0.39, 0.29) is 32.2 Å². The molecular weight excluding hydrogens is 736 g/mol. The standard InChI is InChI=1S/C34H20N.C6H5NO2.Pt/c1-2-11-24-22(9-1)10-7-14-25(24)23-18-19-28-32(21-23)34(31-17-8-20-35-33(28)31)29-15-5-3-12-26(29)27-13-4-6-16-30(27)34;8-6(9)5-3-1-2-4-7-5;/h1-18,20-21H;1-4H,(H,8,9);/q-1;;. The first-order valence-corrected chi connectivity index (χ1v) is 14.5. The monoisotopic (exact) mass is 760 g/mol. The minimum absolute atomic E-state index is 0. The molecule has 218 valence electrons. The van der Waals surface area contributed by atoms with Gasteiger partial charge in [-0.25, -0.2) is 9.78 Å². The summed E-state index contributed by atoms with van der Waals surface area (Å²) < 4.78 is 0. The van der Waals surface area contributed by atoms with E-state index in [1.165, 1.54) is 67.5 Å². The van der Waals surface area contributed by atoms with E-state index in [9.17, 15) is 4.79 Å². The van der Waals surface area contributed by atoms with Gasteiger partial charge in [0.15, 0.2) is 0 Å². The molecule has 9 rings (SSSR count). The summed E-state index contributed by atoms with van der Waals surface area (Å²) in [5.41, 5.74) is 12.1. The van der Waals surface area contributed by atoms with E-state index < -0.39 is 5.97 Å². The van der Waals surface area contributed by atoms with Gasteiger partial charge in [0.2, 0.25) is 0 Å². The predicted octanol–water partition coefficient (Wildman–Crippen LogP) is 8.82. The molecule has 2 aliphatic carbocycles. The largest absolute Gasteiger partial charge is 0.477 e. The Balaban J connectivity index is 0.000000284. The number of aromatic nitrogens is 2. The molecule has 5 heteroatoms. The van der Waals surface area contributed by atoms with Gasteiger partial charge in [-0.3, -0.25) is 0 Å². The van der Waals surface area contributed by atoms with Crippen molar-refractivity contribution in [2.75, 3.05) is 0 Å². The summed E-state index contributed by atoms with van der Waals surface area (Å²) in [6.07, 6.45) is 3.35. The van der Waals surface area contributed by atoms with Crippen molar-refractivity contribution in [3.8, 4) is 33.5 Å². The third-order valence-corrected chi connectivity index (χ3v) is 8.73. The molecule has 0 fully saturated rings. The van der Waals surface area contributed by atoms with E-state index in [0.29, 0.717) is 0 Å². The molecule has 0 radical (unpaired) electrons. The Hall–Kier alpha value is -5.18. The second-order valence-electron chi connectivity index (χ2n) is 11.0. The van der Waals surface area contributed by atoms with Crippen molar-refractivity contribution < 1.29 is 31.0 Å². The number of benzene rings is 5. The zero-order valence-corrected chi connectivity index (χ0v) is 26.2. The quantitative estimate of drug-likeness (QED) is 0.179. The van der Waals surface area contributed by atoms with E-state index in [2.05, 4.69) is 126 Å². The van der Waals surface area contributed by atoms with Crippen LogP contribution in [0.3, 0.4) is 0 Å². The smallest absolute Gasteiger partial charge is 0.354 e. The molecule has 0 unspecified atom stereocenters. The van der Waals surface area contributed by atoms with Gasteiger partial charge in [-0.05, 0) is 56.9 Å². The van der Waals surface area contributed by atoms with Crippen LogP contribution in [0.4, 0.5) is 0 Å². The number of nitrogens with zero attached hydrogens (tertiary/aromatic N) is 2. The molecule has 2 aromatic heterocycles. The van der Waals surface area contributed by atoms with Crippen LogP contribution in [0.2, 0.25) is 0 Å². The Labute approximate surface area is 275 Å². The molecule has 5 aromatic carbocycles. The maximum atomic E-state index is 10.1. The fourth-order valence-electron chi connectivity index (χ4n) is 6.98. The van der Waals surface area contributed by atoms with Crippen molar-refractivity contribution in [1.82, 2.24) is 9.97 Å². The molecule has 0 amide bonds. The number of rotatable bonds is 2. The van der Waals surface area contributed by atoms with Gasteiger partial charge in [0.05, 0.1) is 0 Å². The van der Waals surface area contributed by atoms with Gasteiger partial charge in [0.1, 0.15) is 5.69 Å². The van der Waals surface area contributed by atoms with E-state index >= 15 is 0 Å². The van der Waals surface area contributed by atoms with Crippen LogP contribution in [-0.2, 0) is 26.5 Å². The summed E-state index contributed by atoms with van der Waals surface area (Å²) in [5, 5.41) is 10.8. The van der Waals surface area contributed by atoms with Crippen LogP contribution < -0.4 is 0 Å². The van der Waals surface area contributed by atoms with Crippen molar-refractivity contribution in [2.45, 2.75) is 5.41 Å². The van der Waals surface area contributed by atoms with Crippen LogP contribution in [0.5, 0.6) is 0 Å². The summed E-state index contributed by atoms with van der Waals surface area (Å²) in [4.78, 5) is 18.6. The fraction of sp³-hybridized carbons (Fsp3) is 0.0250. The van der Waals surface area contributed by atoms with Crippen LogP contribution in [0, 0.1) is 6.07 Å². The maximum Gasteiger partial charge on any atom is 0.354 e. The number of carboxylic acids is 1. The molecule has 1 spiro atoms. The summed E-state index contributed by atoms with van der Waals surface area (Å²) >= 11 is 0. The van der Waals surface area contributed by atoms with E-state index in [1.54, 1.807) is 12.1 Å². The zero-order chi connectivity index (χ0) is 29.7. The van der Waals surface area contributed by atoms with Crippen molar-refractivity contribution in [1.29, 1.82) is 0 Å². The second-order valence-corrected chi connectivity index (χ2v) is 11.0. The third kappa shape index (κ3) is 4.36. The van der Waals surface area contributed by atoms with E-state index in [4.69, 9.17) is 10.1 Å². The van der Waals surface area contributed by atoms with Crippen molar-refractivity contribution in [3.05, 3.63) is 180 Å². The summed E-state index contributed by atoms with van der Waals surface area (Å²) in [5.74, 6) is -0.990. The first kappa shape index (κ1) is 28.6. The fourth-order valence-corrected chi connectivity index (χ4v) is 6.98. The van der Waals surface area contributed by atoms with Gasteiger partial charge in [-0.1, -0.05) is 120 Å². The molecule has 7 aromatic rings. The maximum absolute atomic E-state index is 10.1. The summed E-state index contributed by atoms with van der Waals surface area (Å²) in [6.45, 7) is 0. The second kappa shape index (κ2) is 11.4. The Morgan fingerprint density at radius 1 is 0.622 bits per heavy atom. The average Bonchev–Trinajstić information content (AvgIpc) is 3.56. The minimum Gasteiger partial charge on any atom is -0.477 e. The number of carbonyl (C=O) groups is 1. The molecule has 2 aliphatic rings. The Bertz CT molecular complexity index is 2160. The van der Waals surface area contributed by atoms with Gasteiger partial charge >= 0.3 is 5.97 Å². The minimum atomic E-state index is -0.990. The van der Waals surface area contributed by atoms with Crippen LogP contribution in [0.1, 0.15) is 32.7 Å². The van der Waals surface area contributed by atoms with Crippen LogP contribution in [0.15, 0.2) is 146 Å². The van der Waals surface area contributed by atoms with Gasteiger partial charge < -0.3 is 10.1 Å². The molecule has 0 atom stereocenters. The first-order valence-electron chi connectivity index (χ1n) is 14.5.